The fraction of sp³-hybridized carbons (Fsp3) is 0.429. The third-order valence-electron chi connectivity index (χ3n) is 2.89. The highest BCUT2D eigenvalue weighted by Gasteiger charge is 2.21. The van der Waals surface area contributed by atoms with Gasteiger partial charge in [0.05, 0.1) is 18.6 Å². The maximum Gasteiger partial charge on any atom is 0.322 e. The Labute approximate surface area is 112 Å². The van der Waals surface area contributed by atoms with Crippen LogP contribution in [0.25, 0.3) is 0 Å². The summed E-state index contributed by atoms with van der Waals surface area (Å²) in [6.07, 6.45) is -0.283. The van der Waals surface area contributed by atoms with Crippen molar-refractivity contribution >= 4 is 11.9 Å². The van der Waals surface area contributed by atoms with E-state index in [1.54, 1.807) is 13.8 Å². The van der Waals surface area contributed by atoms with Gasteiger partial charge in [-0.15, -0.1) is 0 Å². The molecule has 0 aliphatic carbocycles. The molecular weight excluding hydrogens is 246 g/mol. The van der Waals surface area contributed by atoms with Gasteiger partial charge in [0, 0.05) is 0 Å². The topological polar surface area (TPSA) is 75.6 Å². The average molecular weight is 265 g/mol. The molecule has 5 heteroatoms. The minimum absolute atomic E-state index is 0.283. The number of ether oxygens (including phenoxy) is 1. The van der Waals surface area contributed by atoms with E-state index in [1.165, 1.54) is 0 Å². The predicted molar refractivity (Wildman–Crippen MR) is 70.5 cm³/mol. The molecule has 0 fully saturated rings. The maximum absolute atomic E-state index is 11.6. The summed E-state index contributed by atoms with van der Waals surface area (Å²) in [7, 11) is 0. The van der Waals surface area contributed by atoms with E-state index >= 15 is 0 Å². The van der Waals surface area contributed by atoms with Gasteiger partial charge in [-0.2, -0.15) is 0 Å². The highest BCUT2D eigenvalue weighted by molar-refractivity contribution is 5.82. The van der Waals surface area contributed by atoms with Crippen molar-refractivity contribution in [2.75, 3.05) is 6.54 Å². The van der Waals surface area contributed by atoms with Gasteiger partial charge in [-0.1, -0.05) is 37.3 Å². The van der Waals surface area contributed by atoms with E-state index in [1.807, 2.05) is 30.3 Å². The molecule has 1 amide bonds. The molecule has 0 bridgehead atoms. The molecule has 0 heterocycles. The third kappa shape index (κ3) is 5.52. The summed E-state index contributed by atoms with van der Waals surface area (Å²) in [5, 5.41) is 10.8. The molecule has 0 aliphatic rings. The van der Waals surface area contributed by atoms with Gasteiger partial charge in [0.15, 0.2) is 0 Å². The molecule has 0 aromatic heterocycles. The average Bonchev–Trinajstić information content (AvgIpc) is 2.42. The summed E-state index contributed by atoms with van der Waals surface area (Å²) in [5.74, 6) is -1.77. The van der Waals surface area contributed by atoms with Crippen molar-refractivity contribution in [1.82, 2.24) is 5.32 Å². The number of nitrogens with one attached hydrogen (secondary N) is 1. The number of hydrogen-bond acceptors (Lipinski definition) is 3. The first-order chi connectivity index (χ1) is 9.00. The molecule has 0 saturated heterocycles. The predicted octanol–water partition coefficient (Wildman–Crippen LogP) is 1.43. The summed E-state index contributed by atoms with van der Waals surface area (Å²) in [6, 6.07) is 9.66. The van der Waals surface area contributed by atoms with Crippen LogP contribution in [-0.2, 0) is 20.9 Å². The van der Waals surface area contributed by atoms with Gasteiger partial charge >= 0.3 is 5.97 Å². The van der Waals surface area contributed by atoms with Crippen LogP contribution in [-0.4, -0.2) is 29.6 Å². The number of aliphatic carboxylic acids is 1. The molecule has 2 N–H and O–H groups in total. The van der Waals surface area contributed by atoms with Crippen LogP contribution in [0.5, 0.6) is 0 Å². The molecule has 1 rings (SSSR count). The Balaban J connectivity index is 2.37. The number of rotatable bonds is 7. The fourth-order valence-electron chi connectivity index (χ4n) is 1.48. The standard InChI is InChI=1S/C14H19NO4/c1-10(14(18)15-8-13(16)17)11(2)19-9-12-6-4-3-5-7-12/h3-7,10-11H,8-9H2,1-2H3,(H,15,18)(H,16,17)/t10-,11+/m0/s1. The minimum Gasteiger partial charge on any atom is -0.480 e. The lowest BCUT2D eigenvalue weighted by molar-refractivity contribution is -0.139. The van der Waals surface area contributed by atoms with E-state index in [-0.39, 0.29) is 18.6 Å². The Morgan fingerprint density at radius 2 is 1.89 bits per heavy atom. The molecule has 5 nitrogen and oxygen atoms in total. The molecule has 19 heavy (non-hydrogen) atoms. The largest absolute Gasteiger partial charge is 0.480 e. The van der Waals surface area contributed by atoms with E-state index in [4.69, 9.17) is 9.84 Å². The van der Waals surface area contributed by atoms with Gasteiger partial charge in [0.25, 0.3) is 0 Å². The fourth-order valence-corrected chi connectivity index (χ4v) is 1.48. The van der Waals surface area contributed by atoms with Crippen molar-refractivity contribution in [1.29, 1.82) is 0 Å². The van der Waals surface area contributed by atoms with E-state index in [9.17, 15) is 9.59 Å². The first-order valence-electron chi connectivity index (χ1n) is 6.15. The normalized spacial score (nSPS) is 13.6. The summed E-state index contributed by atoms with van der Waals surface area (Å²) < 4.78 is 5.61. The van der Waals surface area contributed by atoms with Gasteiger partial charge in [-0.25, -0.2) is 0 Å². The lowest BCUT2D eigenvalue weighted by atomic mass is 10.1. The lowest BCUT2D eigenvalue weighted by Gasteiger charge is -2.19. The highest BCUT2D eigenvalue weighted by atomic mass is 16.5. The Bertz CT molecular complexity index is 419. The molecule has 0 aliphatic heterocycles. The SMILES string of the molecule is C[C@H](C(=O)NCC(=O)O)[C@@H](C)OCc1ccccc1. The van der Waals surface area contributed by atoms with Gasteiger partial charge in [-0.05, 0) is 12.5 Å². The van der Waals surface area contributed by atoms with Crippen LogP contribution in [0.3, 0.4) is 0 Å². The molecule has 104 valence electrons. The Kier molecular flexibility index (Phi) is 6.02. The van der Waals surface area contributed by atoms with Crippen LogP contribution in [0.2, 0.25) is 0 Å². The van der Waals surface area contributed by atoms with E-state index in [0.29, 0.717) is 6.61 Å². The Morgan fingerprint density at radius 1 is 1.26 bits per heavy atom. The van der Waals surface area contributed by atoms with Crippen molar-refractivity contribution < 1.29 is 19.4 Å². The number of carbonyl (C=O) groups excluding carboxylic acids is 1. The number of hydrogen-bond donors (Lipinski definition) is 2. The van der Waals surface area contributed by atoms with Crippen molar-refractivity contribution in [3.8, 4) is 0 Å². The highest BCUT2D eigenvalue weighted by Crippen LogP contribution is 2.10. The number of amides is 1. The van der Waals surface area contributed by atoms with Crippen molar-refractivity contribution in [3.63, 3.8) is 0 Å². The van der Waals surface area contributed by atoms with Crippen LogP contribution in [0.4, 0.5) is 0 Å². The second-order valence-corrected chi connectivity index (χ2v) is 4.40. The van der Waals surface area contributed by atoms with Crippen LogP contribution < -0.4 is 5.32 Å². The molecule has 1 aromatic carbocycles. The zero-order valence-electron chi connectivity index (χ0n) is 11.1. The maximum atomic E-state index is 11.6. The van der Waals surface area contributed by atoms with Gasteiger partial charge in [-0.3, -0.25) is 9.59 Å². The summed E-state index contributed by atoms with van der Waals surface area (Å²) in [4.78, 5) is 22.0. The lowest BCUT2D eigenvalue weighted by Crippen LogP contribution is -2.38. The Morgan fingerprint density at radius 3 is 2.47 bits per heavy atom. The number of carboxylic acids is 1. The van der Waals surface area contributed by atoms with Crippen LogP contribution in [0.1, 0.15) is 19.4 Å². The first kappa shape index (κ1) is 15.2. The van der Waals surface area contributed by atoms with E-state index < -0.39 is 11.9 Å². The summed E-state index contributed by atoms with van der Waals surface area (Å²) in [5.41, 5.74) is 1.03. The summed E-state index contributed by atoms with van der Waals surface area (Å²) >= 11 is 0. The molecule has 0 saturated carbocycles. The van der Waals surface area contributed by atoms with Gasteiger partial charge in [0.2, 0.25) is 5.91 Å². The molecule has 1 aromatic rings. The first-order valence-corrected chi connectivity index (χ1v) is 6.15. The number of carboxylic acid groups (broad SMARTS) is 1. The second-order valence-electron chi connectivity index (χ2n) is 4.40. The second kappa shape index (κ2) is 7.53. The van der Waals surface area contributed by atoms with Gasteiger partial charge < -0.3 is 15.2 Å². The van der Waals surface area contributed by atoms with Crippen molar-refractivity contribution in [3.05, 3.63) is 35.9 Å². The van der Waals surface area contributed by atoms with Crippen LogP contribution in [0.15, 0.2) is 30.3 Å². The molecule has 0 unspecified atom stereocenters. The third-order valence-corrected chi connectivity index (χ3v) is 2.89. The van der Waals surface area contributed by atoms with Crippen LogP contribution in [0, 0.1) is 5.92 Å². The number of carbonyl (C=O) groups is 2. The van der Waals surface area contributed by atoms with Crippen LogP contribution >= 0.6 is 0 Å². The molecule has 0 radical (unpaired) electrons. The minimum atomic E-state index is -1.06. The van der Waals surface area contributed by atoms with E-state index in [2.05, 4.69) is 5.32 Å². The van der Waals surface area contributed by atoms with Crippen molar-refractivity contribution in [2.45, 2.75) is 26.6 Å². The molecular formula is C14H19NO4. The number of benzene rings is 1. The Hall–Kier alpha value is -1.88. The molecule has 0 spiro atoms. The smallest absolute Gasteiger partial charge is 0.322 e. The van der Waals surface area contributed by atoms with Crippen molar-refractivity contribution in [2.24, 2.45) is 5.92 Å². The monoisotopic (exact) mass is 265 g/mol. The summed E-state index contributed by atoms with van der Waals surface area (Å²) in [6.45, 7) is 3.58. The zero-order valence-corrected chi connectivity index (χ0v) is 11.1. The zero-order chi connectivity index (χ0) is 14.3. The van der Waals surface area contributed by atoms with E-state index in [0.717, 1.165) is 5.56 Å². The quantitative estimate of drug-likeness (QED) is 0.782. The molecule has 2 atom stereocenters. The van der Waals surface area contributed by atoms with Gasteiger partial charge in [0.1, 0.15) is 6.54 Å².